The Kier molecular flexibility index (Phi) is 3.48. The number of hydrogen-bond donors (Lipinski definition) is 1. The van der Waals surface area contributed by atoms with Gasteiger partial charge in [-0.1, -0.05) is 29.8 Å². The number of anilines is 1. The summed E-state index contributed by atoms with van der Waals surface area (Å²) < 4.78 is 3.51. The monoisotopic (exact) mass is 265 g/mol. The minimum Gasteiger partial charge on any atom is -0.393 e. The Morgan fingerprint density at radius 1 is 1.28 bits per heavy atom. The lowest BCUT2D eigenvalue weighted by atomic mass is 10.2. The van der Waals surface area contributed by atoms with Gasteiger partial charge in [0, 0.05) is 11.6 Å². The van der Waals surface area contributed by atoms with Crippen LogP contribution < -0.4 is 11.3 Å². The van der Waals surface area contributed by atoms with Crippen molar-refractivity contribution in [2.24, 2.45) is 0 Å². The maximum absolute atomic E-state index is 12.1. The molecule has 0 aliphatic rings. The van der Waals surface area contributed by atoms with Gasteiger partial charge in [-0.2, -0.15) is 0 Å². The van der Waals surface area contributed by atoms with Crippen molar-refractivity contribution in [2.45, 2.75) is 26.9 Å². The van der Waals surface area contributed by atoms with E-state index in [2.05, 4.69) is 0 Å². The fourth-order valence-electron chi connectivity index (χ4n) is 2.08. The average molecular weight is 266 g/mol. The molecule has 1 aromatic carbocycles. The maximum Gasteiger partial charge on any atom is 0.290 e. The Morgan fingerprint density at radius 2 is 1.94 bits per heavy atom. The molecule has 18 heavy (non-hydrogen) atoms. The summed E-state index contributed by atoms with van der Waals surface area (Å²) in [4.78, 5) is 12.1. The summed E-state index contributed by atoms with van der Waals surface area (Å²) in [5, 5.41) is 0.657. The first-order valence-corrected chi connectivity index (χ1v) is 6.23. The summed E-state index contributed by atoms with van der Waals surface area (Å²) in [5.74, 6) is 0. The highest BCUT2D eigenvalue weighted by atomic mass is 35.5. The quantitative estimate of drug-likeness (QED) is 0.926. The van der Waals surface area contributed by atoms with Gasteiger partial charge in [0.25, 0.3) is 5.56 Å². The van der Waals surface area contributed by atoms with E-state index >= 15 is 0 Å². The van der Waals surface area contributed by atoms with Crippen LogP contribution in [0.15, 0.2) is 29.1 Å². The Bertz CT molecular complexity index is 628. The number of hydrogen-bond acceptors (Lipinski definition) is 2. The van der Waals surface area contributed by atoms with Crippen LogP contribution in [-0.2, 0) is 13.1 Å². The van der Waals surface area contributed by atoms with Crippen molar-refractivity contribution in [2.75, 3.05) is 5.73 Å². The molecule has 1 aromatic heterocycles. The number of nitrogens with zero attached hydrogens (tertiary/aromatic N) is 2. The molecule has 5 heteroatoms. The summed E-state index contributed by atoms with van der Waals surface area (Å²) in [6.07, 6.45) is 0. The van der Waals surface area contributed by atoms with Crippen molar-refractivity contribution < 1.29 is 0 Å². The van der Waals surface area contributed by atoms with Crippen molar-refractivity contribution >= 4 is 17.3 Å². The van der Waals surface area contributed by atoms with E-state index in [0.29, 0.717) is 23.8 Å². The van der Waals surface area contributed by atoms with E-state index in [1.807, 2.05) is 42.8 Å². The third-order valence-corrected chi connectivity index (χ3v) is 3.48. The lowest BCUT2D eigenvalue weighted by molar-refractivity contribution is 0.480. The molecule has 4 nitrogen and oxygen atoms in total. The van der Waals surface area contributed by atoms with E-state index in [0.717, 1.165) is 11.3 Å². The van der Waals surface area contributed by atoms with Gasteiger partial charge in [0.2, 0.25) is 0 Å². The molecule has 0 saturated heterocycles. The fourth-order valence-corrected chi connectivity index (χ4v) is 2.27. The first-order chi connectivity index (χ1) is 8.56. The number of halogens is 1. The summed E-state index contributed by atoms with van der Waals surface area (Å²) in [6, 6.07) is 7.50. The van der Waals surface area contributed by atoms with Crippen LogP contribution in [0.1, 0.15) is 18.2 Å². The standard InChI is InChI=1S/C13H16ClN3O/c1-3-16-9(2)12(15)13(18)17(16)8-10-6-4-5-7-11(10)14/h4-7H,3,8,15H2,1-2H3. The molecule has 0 aliphatic carbocycles. The van der Waals surface area contributed by atoms with E-state index in [9.17, 15) is 4.79 Å². The molecule has 0 saturated carbocycles. The van der Waals surface area contributed by atoms with E-state index in [1.165, 1.54) is 0 Å². The summed E-state index contributed by atoms with van der Waals surface area (Å²) in [6.45, 7) is 4.96. The minimum atomic E-state index is -0.158. The summed E-state index contributed by atoms with van der Waals surface area (Å²) in [5.41, 5.74) is 7.65. The lowest BCUT2D eigenvalue weighted by Crippen LogP contribution is -2.24. The molecule has 2 rings (SSSR count). The SMILES string of the molecule is CCn1c(C)c(N)c(=O)n1Cc1ccccc1Cl. The smallest absolute Gasteiger partial charge is 0.290 e. The van der Waals surface area contributed by atoms with Crippen LogP contribution in [0.25, 0.3) is 0 Å². The van der Waals surface area contributed by atoms with Crippen LogP contribution in [0, 0.1) is 6.92 Å². The number of rotatable bonds is 3. The third-order valence-electron chi connectivity index (χ3n) is 3.11. The van der Waals surface area contributed by atoms with Crippen LogP contribution in [0.4, 0.5) is 5.69 Å². The molecule has 2 N–H and O–H groups in total. The van der Waals surface area contributed by atoms with Gasteiger partial charge in [0.05, 0.1) is 12.2 Å². The average Bonchev–Trinajstić information content (AvgIpc) is 2.57. The van der Waals surface area contributed by atoms with Crippen LogP contribution in [0.3, 0.4) is 0 Å². The molecule has 0 radical (unpaired) electrons. The lowest BCUT2D eigenvalue weighted by Gasteiger charge is -2.12. The van der Waals surface area contributed by atoms with Gasteiger partial charge in [-0.05, 0) is 25.5 Å². The van der Waals surface area contributed by atoms with Crippen LogP contribution >= 0.6 is 11.6 Å². The minimum absolute atomic E-state index is 0.158. The second kappa shape index (κ2) is 4.90. The fraction of sp³-hybridized carbons (Fsp3) is 0.308. The van der Waals surface area contributed by atoms with Gasteiger partial charge in [-0.3, -0.25) is 9.48 Å². The van der Waals surface area contributed by atoms with Crippen molar-refractivity contribution in [1.29, 1.82) is 0 Å². The molecule has 96 valence electrons. The Balaban J connectivity index is 2.50. The predicted molar refractivity (Wildman–Crippen MR) is 74.1 cm³/mol. The zero-order valence-electron chi connectivity index (χ0n) is 10.5. The van der Waals surface area contributed by atoms with E-state index < -0.39 is 0 Å². The zero-order chi connectivity index (χ0) is 13.3. The van der Waals surface area contributed by atoms with Crippen molar-refractivity contribution in [3.8, 4) is 0 Å². The second-order valence-electron chi connectivity index (χ2n) is 4.17. The molecule has 0 atom stereocenters. The third kappa shape index (κ3) is 2.04. The van der Waals surface area contributed by atoms with Crippen molar-refractivity contribution in [3.05, 3.63) is 50.9 Å². The van der Waals surface area contributed by atoms with Gasteiger partial charge in [-0.15, -0.1) is 0 Å². The van der Waals surface area contributed by atoms with Crippen LogP contribution in [0.2, 0.25) is 5.02 Å². The van der Waals surface area contributed by atoms with Crippen molar-refractivity contribution in [1.82, 2.24) is 9.36 Å². The number of benzene rings is 1. The topological polar surface area (TPSA) is 52.9 Å². The first kappa shape index (κ1) is 12.8. The van der Waals surface area contributed by atoms with Gasteiger partial charge >= 0.3 is 0 Å². The molecular formula is C13H16ClN3O. The molecule has 0 unspecified atom stereocenters. The van der Waals surface area contributed by atoms with E-state index in [-0.39, 0.29) is 5.56 Å². The predicted octanol–water partition coefficient (Wildman–Crippen LogP) is 2.26. The first-order valence-electron chi connectivity index (χ1n) is 5.85. The van der Waals surface area contributed by atoms with Crippen molar-refractivity contribution in [3.63, 3.8) is 0 Å². The highest BCUT2D eigenvalue weighted by Gasteiger charge is 2.14. The van der Waals surface area contributed by atoms with Gasteiger partial charge in [-0.25, -0.2) is 4.68 Å². The molecule has 1 heterocycles. The molecule has 0 aliphatic heterocycles. The van der Waals surface area contributed by atoms with Crippen LogP contribution in [-0.4, -0.2) is 9.36 Å². The van der Waals surface area contributed by atoms with Gasteiger partial charge in [0.1, 0.15) is 5.69 Å². The molecule has 0 amide bonds. The van der Waals surface area contributed by atoms with Crippen LogP contribution in [0.5, 0.6) is 0 Å². The number of nitrogen functional groups attached to an aromatic ring is 1. The Labute approximate surface area is 111 Å². The number of aromatic nitrogens is 2. The second-order valence-corrected chi connectivity index (χ2v) is 4.58. The summed E-state index contributed by atoms with van der Waals surface area (Å²) >= 11 is 6.11. The normalized spacial score (nSPS) is 10.8. The van der Waals surface area contributed by atoms with E-state index in [4.69, 9.17) is 17.3 Å². The molecule has 0 bridgehead atoms. The molecule has 0 fully saturated rings. The molecule has 0 spiro atoms. The Hall–Kier alpha value is -1.68. The zero-order valence-corrected chi connectivity index (χ0v) is 11.2. The Morgan fingerprint density at radius 3 is 2.56 bits per heavy atom. The van der Waals surface area contributed by atoms with E-state index in [1.54, 1.807) is 4.68 Å². The number of nitrogens with two attached hydrogens (primary N) is 1. The highest BCUT2D eigenvalue weighted by Crippen LogP contribution is 2.17. The highest BCUT2D eigenvalue weighted by molar-refractivity contribution is 6.31. The largest absolute Gasteiger partial charge is 0.393 e. The molecule has 2 aromatic rings. The maximum atomic E-state index is 12.1. The molecular weight excluding hydrogens is 250 g/mol. The summed E-state index contributed by atoms with van der Waals surface area (Å²) in [7, 11) is 0. The van der Waals surface area contributed by atoms with Gasteiger partial charge in [0.15, 0.2) is 0 Å². The van der Waals surface area contributed by atoms with Gasteiger partial charge < -0.3 is 5.73 Å².